The molecule has 18 heavy (non-hydrogen) atoms. The Balaban J connectivity index is 2.99. The van der Waals surface area contributed by atoms with Gasteiger partial charge in [-0.3, -0.25) is 9.59 Å². The van der Waals surface area contributed by atoms with E-state index in [1.807, 2.05) is 0 Å². The number of methoxy groups -OCH3 is 2. The Bertz CT molecular complexity index is 458. The lowest BCUT2D eigenvalue weighted by molar-refractivity contribution is -0.138. The third-order valence-electron chi connectivity index (χ3n) is 2.37. The first kappa shape index (κ1) is 13.8. The number of amides is 1. The maximum absolute atomic E-state index is 11.9. The van der Waals surface area contributed by atoms with Crippen LogP contribution in [0.3, 0.4) is 0 Å². The standard InChI is InChI=1S/C12H15NO5/c1-7(12(15)16)13-11(14)9-6-8(17-2)4-5-10(9)18-3/h4-7H,1-3H3,(H,13,14)(H,15,16)/t7-/m0/s1. The first-order valence-corrected chi connectivity index (χ1v) is 5.25. The van der Waals surface area contributed by atoms with Crippen LogP contribution >= 0.6 is 0 Å². The van der Waals surface area contributed by atoms with E-state index in [0.717, 1.165) is 0 Å². The molecule has 0 unspecified atom stereocenters. The third-order valence-corrected chi connectivity index (χ3v) is 2.37. The van der Waals surface area contributed by atoms with E-state index in [1.165, 1.54) is 27.2 Å². The Kier molecular flexibility index (Phi) is 4.53. The predicted molar refractivity (Wildman–Crippen MR) is 64.1 cm³/mol. The minimum atomic E-state index is -1.11. The molecule has 1 aromatic rings. The van der Waals surface area contributed by atoms with E-state index >= 15 is 0 Å². The number of rotatable bonds is 5. The topological polar surface area (TPSA) is 84.9 Å². The molecule has 1 amide bonds. The molecule has 1 aromatic carbocycles. The van der Waals surface area contributed by atoms with Gasteiger partial charge in [-0.25, -0.2) is 0 Å². The van der Waals surface area contributed by atoms with Crippen molar-refractivity contribution >= 4 is 11.9 Å². The Morgan fingerprint density at radius 2 is 1.94 bits per heavy atom. The molecule has 0 saturated heterocycles. The van der Waals surface area contributed by atoms with Crippen LogP contribution in [0.4, 0.5) is 0 Å². The molecule has 0 aliphatic carbocycles. The van der Waals surface area contributed by atoms with Crippen molar-refractivity contribution in [2.75, 3.05) is 14.2 Å². The molecule has 0 aliphatic rings. The Hall–Kier alpha value is -2.24. The summed E-state index contributed by atoms with van der Waals surface area (Å²) in [6.45, 7) is 1.38. The molecule has 6 heteroatoms. The van der Waals surface area contributed by atoms with Gasteiger partial charge in [-0.05, 0) is 25.1 Å². The summed E-state index contributed by atoms with van der Waals surface area (Å²) >= 11 is 0. The minimum absolute atomic E-state index is 0.227. The zero-order valence-corrected chi connectivity index (χ0v) is 10.4. The molecule has 6 nitrogen and oxygen atoms in total. The second kappa shape index (κ2) is 5.90. The molecule has 0 heterocycles. The number of carbonyl (C=O) groups is 2. The molecule has 2 N–H and O–H groups in total. The van der Waals surface area contributed by atoms with Crippen molar-refractivity contribution in [2.45, 2.75) is 13.0 Å². The average molecular weight is 253 g/mol. The van der Waals surface area contributed by atoms with Crippen molar-refractivity contribution in [1.29, 1.82) is 0 Å². The maximum atomic E-state index is 11.9. The van der Waals surface area contributed by atoms with E-state index in [4.69, 9.17) is 14.6 Å². The molecule has 0 aliphatic heterocycles. The molecule has 0 bridgehead atoms. The zero-order chi connectivity index (χ0) is 13.7. The smallest absolute Gasteiger partial charge is 0.325 e. The van der Waals surface area contributed by atoms with Crippen LogP contribution < -0.4 is 14.8 Å². The van der Waals surface area contributed by atoms with Crippen LogP contribution in [0.5, 0.6) is 11.5 Å². The van der Waals surface area contributed by atoms with Crippen LogP contribution in [0.15, 0.2) is 18.2 Å². The number of hydrogen-bond acceptors (Lipinski definition) is 4. The number of carboxylic acids is 1. The van der Waals surface area contributed by atoms with Gasteiger partial charge in [0.15, 0.2) is 0 Å². The number of aliphatic carboxylic acids is 1. The monoisotopic (exact) mass is 253 g/mol. The van der Waals surface area contributed by atoms with Gasteiger partial charge in [0.05, 0.1) is 19.8 Å². The fourth-order valence-electron chi connectivity index (χ4n) is 1.33. The molecule has 1 atom stereocenters. The van der Waals surface area contributed by atoms with Gasteiger partial charge in [0, 0.05) is 0 Å². The number of ether oxygens (including phenoxy) is 2. The Morgan fingerprint density at radius 3 is 2.44 bits per heavy atom. The number of hydrogen-bond donors (Lipinski definition) is 2. The van der Waals surface area contributed by atoms with Gasteiger partial charge in [-0.1, -0.05) is 0 Å². The highest BCUT2D eigenvalue weighted by Crippen LogP contribution is 2.23. The summed E-state index contributed by atoms with van der Waals surface area (Å²) in [5, 5.41) is 11.1. The van der Waals surface area contributed by atoms with Crippen LogP contribution in [0.2, 0.25) is 0 Å². The van der Waals surface area contributed by atoms with Gasteiger partial charge < -0.3 is 19.9 Å². The number of nitrogens with one attached hydrogen (secondary N) is 1. The highest BCUT2D eigenvalue weighted by Gasteiger charge is 2.18. The minimum Gasteiger partial charge on any atom is -0.497 e. The summed E-state index contributed by atoms with van der Waals surface area (Å²) in [6.07, 6.45) is 0. The molecule has 0 fully saturated rings. The van der Waals surface area contributed by atoms with Gasteiger partial charge in [0.25, 0.3) is 5.91 Å². The van der Waals surface area contributed by atoms with Crippen LogP contribution in [0.25, 0.3) is 0 Å². The van der Waals surface area contributed by atoms with Gasteiger partial charge in [0.2, 0.25) is 0 Å². The lowest BCUT2D eigenvalue weighted by Gasteiger charge is -2.12. The summed E-state index contributed by atoms with van der Waals surface area (Å²) < 4.78 is 10.0. The predicted octanol–water partition coefficient (Wildman–Crippen LogP) is 0.907. The number of carboxylic acid groups (broad SMARTS) is 1. The fourth-order valence-corrected chi connectivity index (χ4v) is 1.33. The van der Waals surface area contributed by atoms with E-state index in [9.17, 15) is 9.59 Å². The zero-order valence-electron chi connectivity index (χ0n) is 10.4. The van der Waals surface area contributed by atoms with E-state index in [1.54, 1.807) is 12.1 Å². The maximum Gasteiger partial charge on any atom is 0.325 e. The largest absolute Gasteiger partial charge is 0.497 e. The highest BCUT2D eigenvalue weighted by molar-refractivity contribution is 5.99. The van der Waals surface area contributed by atoms with E-state index < -0.39 is 17.9 Å². The van der Waals surface area contributed by atoms with E-state index in [2.05, 4.69) is 5.32 Å². The lowest BCUT2D eigenvalue weighted by Crippen LogP contribution is -2.38. The number of benzene rings is 1. The van der Waals surface area contributed by atoms with Crippen molar-refractivity contribution < 1.29 is 24.2 Å². The van der Waals surface area contributed by atoms with Gasteiger partial charge in [-0.2, -0.15) is 0 Å². The average Bonchev–Trinajstić information content (AvgIpc) is 2.37. The Morgan fingerprint density at radius 1 is 1.28 bits per heavy atom. The van der Waals surface area contributed by atoms with Gasteiger partial charge >= 0.3 is 5.97 Å². The second-order valence-electron chi connectivity index (χ2n) is 3.60. The summed E-state index contributed by atoms with van der Waals surface area (Å²) in [4.78, 5) is 22.6. The normalized spacial score (nSPS) is 11.5. The van der Waals surface area contributed by atoms with Crippen molar-refractivity contribution in [3.63, 3.8) is 0 Å². The van der Waals surface area contributed by atoms with Crippen LogP contribution in [-0.2, 0) is 4.79 Å². The number of carbonyl (C=O) groups excluding carboxylic acids is 1. The quantitative estimate of drug-likeness (QED) is 0.814. The molecule has 0 saturated carbocycles. The van der Waals surface area contributed by atoms with Crippen LogP contribution in [0, 0.1) is 0 Å². The SMILES string of the molecule is COc1ccc(OC)c(C(=O)N[C@@H](C)C(=O)O)c1. The van der Waals surface area contributed by atoms with E-state index in [0.29, 0.717) is 11.5 Å². The first-order chi connectivity index (χ1) is 8.49. The molecule has 0 spiro atoms. The molecule has 1 rings (SSSR count). The van der Waals surface area contributed by atoms with Crippen molar-refractivity contribution in [3.8, 4) is 11.5 Å². The lowest BCUT2D eigenvalue weighted by atomic mass is 10.1. The molecule has 0 radical (unpaired) electrons. The highest BCUT2D eigenvalue weighted by atomic mass is 16.5. The van der Waals surface area contributed by atoms with E-state index in [-0.39, 0.29) is 5.56 Å². The first-order valence-electron chi connectivity index (χ1n) is 5.25. The summed E-state index contributed by atoms with van der Waals surface area (Å²) in [6, 6.07) is 3.74. The van der Waals surface area contributed by atoms with Crippen LogP contribution in [-0.4, -0.2) is 37.2 Å². The fraction of sp³-hybridized carbons (Fsp3) is 0.333. The van der Waals surface area contributed by atoms with Crippen molar-refractivity contribution in [1.82, 2.24) is 5.32 Å². The molecular weight excluding hydrogens is 238 g/mol. The Labute approximate surface area is 105 Å². The molecule has 0 aromatic heterocycles. The second-order valence-corrected chi connectivity index (χ2v) is 3.60. The van der Waals surface area contributed by atoms with Crippen molar-refractivity contribution in [3.05, 3.63) is 23.8 Å². The molecular formula is C12H15NO5. The summed E-state index contributed by atoms with van der Waals surface area (Å²) in [5.41, 5.74) is 0.227. The van der Waals surface area contributed by atoms with Gasteiger partial charge in [0.1, 0.15) is 17.5 Å². The summed E-state index contributed by atoms with van der Waals surface area (Å²) in [7, 11) is 2.91. The van der Waals surface area contributed by atoms with Crippen LogP contribution in [0.1, 0.15) is 17.3 Å². The third kappa shape index (κ3) is 3.13. The summed E-state index contributed by atoms with van der Waals surface area (Å²) in [5.74, 6) is -0.791. The van der Waals surface area contributed by atoms with Crippen molar-refractivity contribution in [2.24, 2.45) is 0 Å². The molecule has 98 valence electrons. The van der Waals surface area contributed by atoms with Gasteiger partial charge in [-0.15, -0.1) is 0 Å².